The van der Waals surface area contributed by atoms with Crippen LogP contribution in [0.5, 0.6) is 11.5 Å². The molecule has 0 spiro atoms. The van der Waals surface area contributed by atoms with Gasteiger partial charge in [0.2, 0.25) is 0 Å². The molecule has 0 saturated heterocycles. The summed E-state index contributed by atoms with van der Waals surface area (Å²) in [7, 11) is 3.38. The lowest BCUT2D eigenvalue weighted by Gasteiger charge is -2.03. The topological polar surface area (TPSA) is 18.5 Å². The first-order valence-corrected chi connectivity index (χ1v) is 6.70. The highest BCUT2D eigenvalue weighted by molar-refractivity contribution is 5.36. The summed E-state index contributed by atoms with van der Waals surface area (Å²) in [6.45, 7) is 8.25. The second kappa shape index (κ2) is 7.59. The summed E-state index contributed by atoms with van der Waals surface area (Å²) in [6.07, 6.45) is 0. The van der Waals surface area contributed by atoms with Gasteiger partial charge in [-0.1, -0.05) is 35.4 Å². The van der Waals surface area contributed by atoms with Crippen molar-refractivity contribution in [2.45, 2.75) is 27.7 Å². The highest BCUT2D eigenvalue weighted by Gasteiger charge is 1.95. The number of hydrogen-bond donors (Lipinski definition) is 0. The van der Waals surface area contributed by atoms with Crippen LogP contribution in [0.3, 0.4) is 0 Å². The first kappa shape index (κ1) is 16.1. The minimum atomic E-state index is 0.964. The Balaban J connectivity index is 0.000000200. The Morgan fingerprint density at radius 2 is 0.950 bits per heavy atom. The summed E-state index contributed by atoms with van der Waals surface area (Å²) in [5, 5.41) is 0. The zero-order chi connectivity index (χ0) is 15.1. The molecule has 2 heteroatoms. The average Bonchev–Trinajstić information content (AvgIpc) is 2.40. The second-order valence-corrected chi connectivity index (χ2v) is 4.95. The Morgan fingerprint density at radius 3 is 1.20 bits per heavy atom. The van der Waals surface area contributed by atoms with Gasteiger partial charge in [0.05, 0.1) is 14.2 Å². The molecule has 0 aromatic heterocycles. The molecular weight excluding hydrogens is 248 g/mol. The van der Waals surface area contributed by atoms with Crippen molar-refractivity contribution in [2.75, 3.05) is 14.2 Å². The van der Waals surface area contributed by atoms with E-state index in [0.29, 0.717) is 0 Å². The summed E-state index contributed by atoms with van der Waals surface area (Å²) in [6, 6.07) is 12.3. The van der Waals surface area contributed by atoms with Gasteiger partial charge >= 0.3 is 0 Å². The van der Waals surface area contributed by atoms with Crippen LogP contribution in [-0.2, 0) is 0 Å². The third-order valence-electron chi connectivity index (χ3n) is 3.10. The molecule has 0 unspecified atom stereocenters. The van der Waals surface area contributed by atoms with E-state index in [0.717, 1.165) is 11.5 Å². The van der Waals surface area contributed by atoms with E-state index < -0.39 is 0 Å². The average molecular weight is 272 g/mol. The molecule has 0 fully saturated rings. The fourth-order valence-electron chi connectivity index (χ4n) is 2.06. The molecule has 0 bridgehead atoms. The normalized spacial score (nSPS) is 9.50. The lowest BCUT2D eigenvalue weighted by Crippen LogP contribution is -1.86. The monoisotopic (exact) mass is 272 g/mol. The molecule has 2 aromatic rings. The Hall–Kier alpha value is -1.96. The summed E-state index contributed by atoms with van der Waals surface area (Å²) >= 11 is 0. The van der Waals surface area contributed by atoms with Crippen LogP contribution in [0, 0.1) is 27.7 Å². The minimum Gasteiger partial charge on any atom is -0.496 e. The molecule has 0 radical (unpaired) electrons. The molecule has 0 aliphatic rings. The standard InChI is InChI=1S/2C9H12O/c2*1-7-4-5-9(10-3)8(2)6-7/h2*4-6H,1-3H3. The van der Waals surface area contributed by atoms with E-state index in [-0.39, 0.29) is 0 Å². The molecule has 0 N–H and O–H groups in total. The van der Waals surface area contributed by atoms with E-state index >= 15 is 0 Å². The van der Waals surface area contributed by atoms with E-state index in [1.807, 2.05) is 38.1 Å². The predicted octanol–water partition coefficient (Wildman–Crippen LogP) is 4.62. The SMILES string of the molecule is COc1ccc(C)cc1C.COc1ccc(C)cc1C. The zero-order valence-corrected chi connectivity index (χ0v) is 13.3. The van der Waals surface area contributed by atoms with Gasteiger partial charge in [0.15, 0.2) is 0 Å². The van der Waals surface area contributed by atoms with Gasteiger partial charge in [0.25, 0.3) is 0 Å². The molecule has 2 aromatic carbocycles. The molecular formula is C18H24O2. The van der Waals surface area contributed by atoms with Crippen LogP contribution in [0.2, 0.25) is 0 Å². The highest BCUT2D eigenvalue weighted by Crippen LogP contribution is 2.18. The largest absolute Gasteiger partial charge is 0.496 e. The molecule has 108 valence electrons. The van der Waals surface area contributed by atoms with Gasteiger partial charge in [0, 0.05) is 0 Å². The molecule has 2 nitrogen and oxygen atoms in total. The number of aryl methyl sites for hydroxylation is 4. The third kappa shape index (κ3) is 4.61. The van der Waals surface area contributed by atoms with Gasteiger partial charge in [-0.3, -0.25) is 0 Å². The lowest BCUT2D eigenvalue weighted by atomic mass is 10.1. The van der Waals surface area contributed by atoms with Crippen LogP contribution in [0.25, 0.3) is 0 Å². The van der Waals surface area contributed by atoms with Crippen LogP contribution in [0.4, 0.5) is 0 Å². The second-order valence-electron chi connectivity index (χ2n) is 4.95. The van der Waals surface area contributed by atoms with E-state index in [2.05, 4.69) is 26.0 Å². The van der Waals surface area contributed by atoms with Gasteiger partial charge in [-0.25, -0.2) is 0 Å². The number of rotatable bonds is 2. The fraction of sp³-hybridized carbons (Fsp3) is 0.333. The van der Waals surface area contributed by atoms with Crippen molar-refractivity contribution in [3.05, 3.63) is 58.7 Å². The lowest BCUT2D eigenvalue weighted by molar-refractivity contribution is 0.411. The summed E-state index contributed by atoms with van der Waals surface area (Å²) in [5.74, 6) is 1.93. The van der Waals surface area contributed by atoms with E-state index in [4.69, 9.17) is 9.47 Å². The van der Waals surface area contributed by atoms with Crippen molar-refractivity contribution >= 4 is 0 Å². The molecule has 0 amide bonds. The molecule has 0 heterocycles. The Kier molecular flexibility index (Phi) is 6.10. The molecule has 0 aliphatic carbocycles. The summed E-state index contributed by atoms with van der Waals surface area (Å²) in [4.78, 5) is 0. The van der Waals surface area contributed by atoms with Gasteiger partial charge in [-0.2, -0.15) is 0 Å². The van der Waals surface area contributed by atoms with Crippen LogP contribution in [-0.4, -0.2) is 14.2 Å². The maximum atomic E-state index is 5.10. The maximum Gasteiger partial charge on any atom is 0.121 e. The predicted molar refractivity (Wildman–Crippen MR) is 84.9 cm³/mol. The van der Waals surface area contributed by atoms with Gasteiger partial charge in [0.1, 0.15) is 11.5 Å². The Bertz CT molecular complexity index is 508. The quantitative estimate of drug-likeness (QED) is 0.794. The number of ether oxygens (including phenoxy) is 2. The van der Waals surface area contributed by atoms with E-state index in [9.17, 15) is 0 Å². The van der Waals surface area contributed by atoms with Crippen molar-refractivity contribution in [2.24, 2.45) is 0 Å². The molecule has 20 heavy (non-hydrogen) atoms. The Labute approximate surface area is 122 Å². The Morgan fingerprint density at radius 1 is 0.600 bits per heavy atom. The first-order chi connectivity index (χ1) is 9.47. The minimum absolute atomic E-state index is 0.964. The van der Waals surface area contributed by atoms with Crippen LogP contribution >= 0.6 is 0 Å². The highest BCUT2D eigenvalue weighted by atomic mass is 16.5. The smallest absolute Gasteiger partial charge is 0.121 e. The van der Waals surface area contributed by atoms with E-state index in [1.54, 1.807) is 14.2 Å². The van der Waals surface area contributed by atoms with E-state index in [1.165, 1.54) is 22.3 Å². The third-order valence-corrected chi connectivity index (χ3v) is 3.10. The molecule has 0 saturated carbocycles. The number of benzene rings is 2. The van der Waals surface area contributed by atoms with Crippen LogP contribution in [0.15, 0.2) is 36.4 Å². The van der Waals surface area contributed by atoms with Crippen molar-refractivity contribution in [3.8, 4) is 11.5 Å². The first-order valence-electron chi connectivity index (χ1n) is 6.70. The number of methoxy groups -OCH3 is 2. The zero-order valence-electron chi connectivity index (χ0n) is 13.3. The molecule has 0 atom stereocenters. The van der Waals surface area contributed by atoms with Crippen molar-refractivity contribution in [1.82, 2.24) is 0 Å². The number of hydrogen-bond acceptors (Lipinski definition) is 2. The van der Waals surface area contributed by atoms with Gasteiger partial charge in [-0.05, 0) is 51.0 Å². The van der Waals surface area contributed by atoms with Crippen molar-refractivity contribution in [1.29, 1.82) is 0 Å². The van der Waals surface area contributed by atoms with Gasteiger partial charge in [-0.15, -0.1) is 0 Å². The summed E-state index contributed by atoms with van der Waals surface area (Å²) < 4.78 is 10.2. The van der Waals surface area contributed by atoms with Crippen LogP contribution < -0.4 is 9.47 Å². The maximum absolute atomic E-state index is 5.10. The van der Waals surface area contributed by atoms with Gasteiger partial charge < -0.3 is 9.47 Å². The summed E-state index contributed by atoms with van der Waals surface area (Å²) in [5.41, 5.74) is 4.95. The van der Waals surface area contributed by atoms with Crippen LogP contribution in [0.1, 0.15) is 22.3 Å². The molecule has 2 rings (SSSR count). The van der Waals surface area contributed by atoms with Crippen molar-refractivity contribution in [3.63, 3.8) is 0 Å². The molecule has 0 aliphatic heterocycles. The fourth-order valence-corrected chi connectivity index (χ4v) is 2.06. The van der Waals surface area contributed by atoms with Crippen molar-refractivity contribution < 1.29 is 9.47 Å².